The molecule has 0 radical (unpaired) electrons. The Hall–Kier alpha value is -1.73. The Labute approximate surface area is 131 Å². The van der Waals surface area contributed by atoms with Crippen LogP contribution in [0.5, 0.6) is 0 Å². The lowest BCUT2D eigenvalue weighted by Gasteiger charge is -2.10. The summed E-state index contributed by atoms with van der Waals surface area (Å²) in [7, 11) is 0. The van der Waals surface area contributed by atoms with E-state index in [2.05, 4.69) is 10.3 Å². The second-order valence-corrected chi connectivity index (χ2v) is 5.60. The third-order valence-corrected chi connectivity index (χ3v) is 4.14. The minimum Gasteiger partial charge on any atom is -0.379 e. The lowest BCUT2D eigenvalue weighted by molar-refractivity contribution is -0.384. The fourth-order valence-electron chi connectivity index (χ4n) is 1.90. The number of imidazole rings is 1. The predicted molar refractivity (Wildman–Crippen MR) is 85.2 cm³/mol. The molecular weight excluding hydrogens is 312 g/mol. The van der Waals surface area contributed by atoms with Crippen molar-refractivity contribution in [3.8, 4) is 0 Å². The number of aromatic nitrogens is 2. The average Bonchev–Trinajstić information content (AvgIpc) is 2.97. The summed E-state index contributed by atoms with van der Waals surface area (Å²) < 4.78 is 1.96. The summed E-state index contributed by atoms with van der Waals surface area (Å²) in [6.45, 7) is 1.44. The van der Waals surface area contributed by atoms with Crippen LogP contribution in [0.4, 0.5) is 11.4 Å². The number of halogens is 1. The van der Waals surface area contributed by atoms with Crippen LogP contribution in [-0.2, 0) is 6.54 Å². The number of thioether (sulfide) groups is 1. The lowest BCUT2D eigenvalue weighted by atomic mass is 10.2. The molecular formula is C13H15ClN4O2S. The molecule has 0 unspecified atom stereocenters. The molecule has 2 rings (SSSR count). The maximum absolute atomic E-state index is 11.1. The summed E-state index contributed by atoms with van der Waals surface area (Å²) in [5, 5.41) is 14.6. The van der Waals surface area contributed by atoms with E-state index in [1.807, 2.05) is 17.0 Å². The minimum atomic E-state index is -0.422. The molecule has 0 fully saturated rings. The standard InChI is InChI=1S/C13H15ClN4O2S/c1-21-13-8-11(12(18(19)20)7-10(13)14)16-3-2-5-17-6-4-15-9-17/h4,6-9,16H,2-3,5H2,1H3. The molecule has 0 aliphatic carbocycles. The zero-order chi connectivity index (χ0) is 15.2. The maximum atomic E-state index is 11.1. The number of hydrogen-bond acceptors (Lipinski definition) is 5. The van der Waals surface area contributed by atoms with Crippen molar-refractivity contribution in [3.05, 3.63) is 46.0 Å². The van der Waals surface area contributed by atoms with Gasteiger partial charge in [-0.1, -0.05) is 11.6 Å². The zero-order valence-electron chi connectivity index (χ0n) is 11.5. The molecule has 8 heteroatoms. The van der Waals surface area contributed by atoms with Crippen LogP contribution in [0, 0.1) is 10.1 Å². The maximum Gasteiger partial charge on any atom is 0.293 e. The Morgan fingerprint density at radius 1 is 1.52 bits per heavy atom. The van der Waals surface area contributed by atoms with Crippen molar-refractivity contribution in [1.29, 1.82) is 0 Å². The zero-order valence-corrected chi connectivity index (χ0v) is 13.0. The molecule has 0 bridgehead atoms. The third kappa shape index (κ3) is 4.12. The number of benzene rings is 1. The highest BCUT2D eigenvalue weighted by Crippen LogP contribution is 2.35. The fourth-order valence-corrected chi connectivity index (χ4v) is 2.77. The van der Waals surface area contributed by atoms with Gasteiger partial charge in [-0.2, -0.15) is 0 Å². The first-order valence-electron chi connectivity index (χ1n) is 6.33. The molecule has 6 nitrogen and oxygen atoms in total. The molecule has 2 aromatic rings. The molecule has 1 heterocycles. The van der Waals surface area contributed by atoms with Crippen molar-refractivity contribution >= 4 is 34.7 Å². The van der Waals surface area contributed by atoms with E-state index in [0.717, 1.165) is 17.9 Å². The van der Waals surface area contributed by atoms with Gasteiger partial charge >= 0.3 is 0 Å². The van der Waals surface area contributed by atoms with Crippen LogP contribution in [0.2, 0.25) is 5.02 Å². The Morgan fingerprint density at radius 2 is 2.33 bits per heavy atom. The average molecular weight is 327 g/mol. The van der Waals surface area contributed by atoms with Crippen molar-refractivity contribution in [2.24, 2.45) is 0 Å². The largest absolute Gasteiger partial charge is 0.379 e. The number of nitrogens with zero attached hydrogens (tertiary/aromatic N) is 3. The first-order valence-corrected chi connectivity index (χ1v) is 7.93. The summed E-state index contributed by atoms with van der Waals surface area (Å²) in [5.74, 6) is 0. The topological polar surface area (TPSA) is 73.0 Å². The van der Waals surface area contributed by atoms with Crippen LogP contribution in [0.15, 0.2) is 35.7 Å². The summed E-state index contributed by atoms with van der Waals surface area (Å²) >= 11 is 7.47. The van der Waals surface area contributed by atoms with Gasteiger partial charge < -0.3 is 9.88 Å². The van der Waals surface area contributed by atoms with Gasteiger partial charge in [0.2, 0.25) is 0 Å². The van der Waals surface area contributed by atoms with Crippen LogP contribution >= 0.6 is 23.4 Å². The molecule has 0 aliphatic heterocycles. The van der Waals surface area contributed by atoms with Crippen LogP contribution < -0.4 is 5.32 Å². The van der Waals surface area contributed by atoms with Crippen molar-refractivity contribution in [1.82, 2.24) is 9.55 Å². The molecule has 0 amide bonds. The quantitative estimate of drug-likeness (QED) is 0.364. The molecule has 0 saturated heterocycles. The van der Waals surface area contributed by atoms with E-state index in [1.165, 1.54) is 17.8 Å². The Bertz CT molecular complexity index is 619. The monoisotopic (exact) mass is 326 g/mol. The van der Waals surface area contributed by atoms with Gasteiger partial charge in [0.25, 0.3) is 5.69 Å². The number of hydrogen-bond donors (Lipinski definition) is 1. The molecule has 0 aliphatic rings. The molecule has 21 heavy (non-hydrogen) atoms. The summed E-state index contributed by atoms with van der Waals surface area (Å²) in [5.41, 5.74) is 0.500. The van der Waals surface area contributed by atoms with E-state index in [9.17, 15) is 10.1 Å². The van der Waals surface area contributed by atoms with Gasteiger partial charge in [-0.3, -0.25) is 10.1 Å². The summed E-state index contributed by atoms with van der Waals surface area (Å²) in [6, 6.07) is 3.12. The number of aryl methyl sites for hydroxylation is 1. The molecule has 112 valence electrons. The van der Waals surface area contributed by atoms with Gasteiger partial charge in [0, 0.05) is 36.4 Å². The van der Waals surface area contributed by atoms with Crippen molar-refractivity contribution < 1.29 is 4.92 Å². The van der Waals surface area contributed by atoms with Crippen LogP contribution in [0.3, 0.4) is 0 Å². The molecule has 1 aromatic heterocycles. The Kier molecular flexibility index (Phi) is 5.46. The van der Waals surface area contributed by atoms with Gasteiger partial charge in [0.15, 0.2) is 0 Å². The number of nitro groups is 1. The van der Waals surface area contributed by atoms with E-state index in [1.54, 1.807) is 18.6 Å². The normalized spacial score (nSPS) is 10.6. The molecule has 0 atom stereocenters. The molecule has 0 spiro atoms. The van der Waals surface area contributed by atoms with Crippen molar-refractivity contribution in [3.63, 3.8) is 0 Å². The molecule has 1 N–H and O–H groups in total. The number of nitrogens with one attached hydrogen (secondary N) is 1. The third-order valence-electron chi connectivity index (χ3n) is 2.93. The van der Waals surface area contributed by atoms with E-state index < -0.39 is 4.92 Å². The SMILES string of the molecule is CSc1cc(NCCCn2ccnc2)c([N+](=O)[O-])cc1Cl. The van der Waals surface area contributed by atoms with Crippen LogP contribution in [-0.4, -0.2) is 27.3 Å². The number of nitro benzene ring substituents is 1. The summed E-state index contributed by atoms with van der Waals surface area (Å²) in [6.07, 6.45) is 8.08. The highest BCUT2D eigenvalue weighted by Gasteiger charge is 2.16. The first-order chi connectivity index (χ1) is 10.1. The summed E-state index contributed by atoms with van der Waals surface area (Å²) in [4.78, 5) is 15.4. The molecule has 1 aromatic carbocycles. The fraction of sp³-hybridized carbons (Fsp3) is 0.308. The number of rotatable bonds is 7. The minimum absolute atomic E-state index is 0.000399. The Balaban J connectivity index is 2.02. The van der Waals surface area contributed by atoms with Gasteiger partial charge in [0.05, 0.1) is 16.3 Å². The van der Waals surface area contributed by atoms with Gasteiger partial charge in [-0.15, -0.1) is 11.8 Å². The van der Waals surface area contributed by atoms with Crippen LogP contribution in [0.1, 0.15) is 6.42 Å². The van der Waals surface area contributed by atoms with Crippen molar-refractivity contribution in [2.75, 3.05) is 18.1 Å². The van der Waals surface area contributed by atoms with E-state index in [4.69, 9.17) is 11.6 Å². The Morgan fingerprint density at radius 3 is 2.95 bits per heavy atom. The second kappa shape index (κ2) is 7.33. The van der Waals surface area contributed by atoms with E-state index >= 15 is 0 Å². The van der Waals surface area contributed by atoms with Crippen LogP contribution in [0.25, 0.3) is 0 Å². The van der Waals surface area contributed by atoms with Gasteiger partial charge in [-0.05, 0) is 18.7 Å². The second-order valence-electron chi connectivity index (χ2n) is 4.34. The van der Waals surface area contributed by atoms with Gasteiger partial charge in [-0.25, -0.2) is 4.98 Å². The highest BCUT2D eigenvalue weighted by molar-refractivity contribution is 7.98. The first kappa shape index (κ1) is 15.7. The highest BCUT2D eigenvalue weighted by atomic mass is 35.5. The number of anilines is 1. The lowest BCUT2D eigenvalue weighted by Crippen LogP contribution is -2.07. The predicted octanol–water partition coefficient (Wildman–Crippen LogP) is 3.67. The van der Waals surface area contributed by atoms with Crippen molar-refractivity contribution in [2.45, 2.75) is 17.9 Å². The smallest absolute Gasteiger partial charge is 0.293 e. The van der Waals surface area contributed by atoms with Gasteiger partial charge in [0.1, 0.15) is 5.69 Å². The molecule has 0 saturated carbocycles. The van der Waals surface area contributed by atoms with E-state index in [-0.39, 0.29) is 5.69 Å². The van der Waals surface area contributed by atoms with E-state index in [0.29, 0.717) is 17.3 Å².